The molecule has 1 heterocycles. The number of rotatable bonds is 3. The summed E-state index contributed by atoms with van der Waals surface area (Å²) in [4.78, 5) is 0. The van der Waals surface area contributed by atoms with Crippen molar-refractivity contribution in [3.63, 3.8) is 0 Å². The van der Waals surface area contributed by atoms with Crippen LogP contribution < -0.4 is 0 Å². The van der Waals surface area contributed by atoms with Crippen molar-refractivity contribution in [2.45, 2.75) is 19.3 Å². The Hall–Kier alpha value is -6.54. The second kappa shape index (κ2) is 11.7. The van der Waals surface area contributed by atoms with Gasteiger partial charge >= 0.3 is 0 Å². The minimum Gasteiger partial charge on any atom is -0.135 e. The number of fused-ring (bicyclic) bond motifs is 11. The summed E-state index contributed by atoms with van der Waals surface area (Å²) in [7, 11) is 0. The van der Waals surface area contributed by atoms with E-state index >= 15 is 0 Å². The molecule has 10 aromatic carbocycles. The summed E-state index contributed by atoms with van der Waals surface area (Å²) in [6.07, 6.45) is 0. The summed E-state index contributed by atoms with van der Waals surface area (Å²) in [6, 6.07) is 68.2. The predicted octanol–water partition coefficient (Wildman–Crippen LogP) is 16.0. The third-order valence-electron chi connectivity index (χ3n) is 12.6. The Morgan fingerprint density at radius 1 is 0.339 bits per heavy atom. The second-order valence-electron chi connectivity index (χ2n) is 16.0. The van der Waals surface area contributed by atoms with E-state index in [0.717, 1.165) is 0 Å². The Bertz CT molecular complexity index is 3380. The molecule has 1 aliphatic carbocycles. The lowest BCUT2D eigenvalue weighted by Crippen LogP contribution is -2.14. The summed E-state index contributed by atoms with van der Waals surface area (Å²) in [5.74, 6) is 0. The van der Waals surface area contributed by atoms with Gasteiger partial charge in [-0.25, -0.2) is 0 Å². The van der Waals surface area contributed by atoms with Crippen LogP contribution in [0.5, 0.6) is 0 Å². The van der Waals surface area contributed by atoms with Crippen molar-refractivity contribution in [3.05, 3.63) is 193 Å². The monoisotopic (exact) mass is 728 g/mol. The van der Waals surface area contributed by atoms with Crippen LogP contribution in [-0.4, -0.2) is 0 Å². The van der Waals surface area contributed by atoms with Gasteiger partial charge < -0.3 is 0 Å². The average molecular weight is 729 g/mol. The zero-order chi connectivity index (χ0) is 37.1. The normalized spacial score (nSPS) is 13.3. The molecule has 0 nitrogen and oxygen atoms in total. The van der Waals surface area contributed by atoms with Crippen LogP contribution in [0.3, 0.4) is 0 Å². The summed E-state index contributed by atoms with van der Waals surface area (Å²) in [5, 5.41) is 13.0. The highest BCUT2D eigenvalue weighted by atomic mass is 32.1. The topological polar surface area (TPSA) is 0 Å². The molecule has 0 N–H and O–H groups in total. The van der Waals surface area contributed by atoms with Gasteiger partial charge in [0.15, 0.2) is 0 Å². The first kappa shape index (κ1) is 31.8. The van der Waals surface area contributed by atoms with Crippen molar-refractivity contribution < 1.29 is 0 Å². The molecule has 0 saturated carbocycles. The minimum atomic E-state index is -0.0664. The highest BCUT2D eigenvalue weighted by Crippen LogP contribution is 2.53. The van der Waals surface area contributed by atoms with Crippen molar-refractivity contribution >= 4 is 74.6 Å². The lowest BCUT2D eigenvalue weighted by molar-refractivity contribution is 0.661. The molecule has 56 heavy (non-hydrogen) atoms. The van der Waals surface area contributed by atoms with Gasteiger partial charge in [-0.2, -0.15) is 0 Å². The fraction of sp³-hybridized carbons (Fsp3) is 0.0545. The lowest BCUT2D eigenvalue weighted by atomic mass is 9.82. The molecule has 0 saturated heterocycles. The summed E-state index contributed by atoms with van der Waals surface area (Å²) in [6.45, 7) is 4.78. The smallest absolute Gasteiger partial charge is 0.0361 e. The first-order chi connectivity index (χ1) is 27.5. The fourth-order valence-corrected chi connectivity index (χ4v) is 11.0. The van der Waals surface area contributed by atoms with Crippen LogP contribution in [0.15, 0.2) is 182 Å². The molecular weight excluding hydrogens is 693 g/mol. The fourth-order valence-electron chi connectivity index (χ4n) is 9.91. The Morgan fingerprint density at radius 3 is 1.59 bits per heavy atom. The largest absolute Gasteiger partial charge is 0.135 e. The van der Waals surface area contributed by atoms with E-state index in [-0.39, 0.29) is 5.41 Å². The highest BCUT2D eigenvalue weighted by molar-refractivity contribution is 7.26. The molecule has 0 aliphatic heterocycles. The quantitative estimate of drug-likeness (QED) is 0.159. The van der Waals surface area contributed by atoms with Crippen LogP contribution in [-0.2, 0) is 5.41 Å². The summed E-state index contributed by atoms with van der Waals surface area (Å²) in [5.41, 5.74) is 13.1. The van der Waals surface area contributed by atoms with Gasteiger partial charge in [0.2, 0.25) is 0 Å². The molecule has 1 aromatic heterocycles. The Labute approximate surface area is 329 Å². The number of hydrogen-bond donors (Lipinski definition) is 0. The van der Waals surface area contributed by atoms with Gasteiger partial charge in [-0.1, -0.05) is 159 Å². The van der Waals surface area contributed by atoms with E-state index in [2.05, 4.69) is 196 Å². The lowest BCUT2D eigenvalue weighted by Gasteiger charge is -2.21. The SMILES string of the molecule is CC1(C)c2ccc(-c3ccc4cc(-c5c6ccccc6c(-c6ccccc6)c6ccccc56)ccc4c3)cc2-c2cc3c(cc21)sc1ccc2ccccc2c13. The molecule has 262 valence electrons. The maximum absolute atomic E-state index is 2.50. The molecule has 0 spiro atoms. The first-order valence-corrected chi connectivity index (χ1v) is 20.4. The zero-order valence-corrected chi connectivity index (χ0v) is 32.0. The van der Waals surface area contributed by atoms with E-state index < -0.39 is 0 Å². The molecule has 1 aliphatic rings. The Morgan fingerprint density at radius 2 is 0.875 bits per heavy atom. The molecule has 11 aromatic rings. The van der Waals surface area contributed by atoms with E-state index in [1.165, 1.54) is 119 Å². The van der Waals surface area contributed by atoms with E-state index in [1.54, 1.807) is 0 Å². The Kier molecular flexibility index (Phi) is 6.66. The molecule has 0 atom stereocenters. The van der Waals surface area contributed by atoms with Crippen LogP contribution in [0.1, 0.15) is 25.0 Å². The third-order valence-corrected chi connectivity index (χ3v) is 13.7. The van der Waals surface area contributed by atoms with Crippen LogP contribution >= 0.6 is 11.3 Å². The molecule has 0 fully saturated rings. The van der Waals surface area contributed by atoms with E-state index in [0.29, 0.717) is 0 Å². The second-order valence-corrected chi connectivity index (χ2v) is 17.1. The molecule has 1 heteroatoms. The van der Waals surface area contributed by atoms with Gasteiger partial charge in [0.1, 0.15) is 0 Å². The van der Waals surface area contributed by atoms with Gasteiger partial charge in [0.05, 0.1) is 0 Å². The van der Waals surface area contributed by atoms with Gasteiger partial charge in [-0.05, 0) is 135 Å². The van der Waals surface area contributed by atoms with Crippen LogP contribution in [0.2, 0.25) is 0 Å². The van der Waals surface area contributed by atoms with Gasteiger partial charge in [-0.3, -0.25) is 0 Å². The number of benzene rings is 10. The molecule has 0 unspecified atom stereocenters. The highest BCUT2D eigenvalue weighted by Gasteiger charge is 2.36. The zero-order valence-electron chi connectivity index (χ0n) is 31.2. The van der Waals surface area contributed by atoms with E-state index in [4.69, 9.17) is 0 Å². The third kappa shape index (κ3) is 4.53. The average Bonchev–Trinajstić information content (AvgIpc) is 3.72. The minimum absolute atomic E-state index is 0.0664. The summed E-state index contributed by atoms with van der Waals surface area (Å²) < 4.78 is 2.73. The van der Waals surface area contributed by atoms with Crippen LogP contribution in [0.4, 0.5) is 0 Å². The number of hydrogen-bond acceptors (Lipinski definition) is 1. The molecular formula is C55H36S. The maximum Gasteiger partial charge on any atom is 0.0361 e. The van der Waals surface area contributed by atoms with Gasteiger partial charge in [0, 0.05) is 25.6 Å². The Balaban J connectivity index is 0.985. The molecule has 12 rings (SSSR count). The summed E-state index contributed by atoms with van der Waals surface area (Å²) >= 11 is 1.92. The van der Waals surface area contributed by atoms with Crippen molar-refractivity contribution in [2.75, 3.05) is 0 Å². The van der Waals surface area contributed by atoms with Crippen molar-refractivity contribution in [2.24, 2.45) is 0 Å². The molecule has 0 amide bonds. The molecule has 0 radical (unpaired) electrons. The van der Waals surface area contributed by atoms with E-state index in [1.807, 2.05) is 11.3 Å². The van der Waals surface area contributed by atoms with E-state index in [9.17, 15) is 0 Å². The number of thiophene rings is 1. The van der Waals surface area contributed by atoms with Crippen LogP contribution in [0, 0.1) is 0 Å². The van der Waals surface area contributed by atoms with Crippen LogP contribution in [0.25, 0.3) is 108 Å². The first-order valence-electron chi connectivity index (χ1n) is 19.6. The van der Waals surface area contributed by atoms with Crippen molar-refractivity contribution in [1.82, 2.24) is 0 Å². The predicted molar refractivity (Wildman–Crippen MR) is 243 cm³/mol. The maximum atomic E-state index is 2.50. The standard InChI is InChI=1S/C55H36S/c1-55(2)48-26-24-38(30-45(48)46-31-47-51(32-49(46)55)56-50-27-25-33-12-6-7-15-40(33)54(47)50)36-20-21-37-29-39(23-22-35(37)28-36)53-43-18-10-8-16-41(43)52(34-13-4-3-5-14-34)42-17-9-11-19-44(42)53/h3-32H,1-2H3. The van der Waals surface area contributed by atoms with Gasteiger partial charge in [-0.15, -0.1) is 11.3 Å². The van der Waals surface area contributed by atoms with Crippen molar-refractivity contribution in [1.29, 1.82) is 0 Å². The van der Waals surface area contributed by atoms with Crippen molar-refractivity contribution in [3.8, 4) is 44.5 Å². The van der Waals surface area contributed by atoms with Gasteiger partial charge in [0.25, 0.3) is 0 Å². The molecule has 0 bridgehead atoms.